The van der Waals surface area contributed by atoms with E-state index in [0.29, 0.717) is 12.3 Å². The fraction of sp³-hybridized carbons (Fsp3) is 0.348. The van der Waals surface area contributed by atoms with E-state index in [1.54, 1.807) is 0 Å². The molecule has 9 heteroatoms. The van der Waals surface area contributed by atoms with Crippen molar-refractivity contribution in [3.05, 3.63) is 59.7 Å². The summed E-state index contributed by atoms with van der Waals surface area (Å²) in [6, 6.07) is 14.8. The molecule has 0 saturated carbocycles. The number of alkyl carbamates (subject to hydrolysis) is 1. The highest BCUT2D eigenvalue weighted by molar-refractivity contribution is 7.99. The van der Waals surface area contributed by atoms with E-state index in [-0.39, 0.29) is 18.3 Å². The maximum Gasteiger partial charge on any atom is 0.407 e. The second-order valence-electron chi connectivity index (χ2n) is 7.43. The average molecular weight is 459 g/mol. The Hall–Kier alpha value is -3.04. The van der Waals surface area contributed by atoms with Gasteiger partial charge in [0.25, 0.3) is 0 Å². The molecule has 0 aromatic heterocycles. The second-order valence-corrected chi connectivity index (χ2v) is 8.53. The number of aliphatic carboxylic acids is 1. The van der Waals surface area contributed by atoms with Crippen molar-refractivity contribution >= 4 is 29.7 Å². The minimum Gasteiger partial charge on any atom is -0.480 e. The van der Waals surface area contributed by atoms with Crippen LogP contribution >= 0.6 is 11.8 Å². The van der Waals surface area contributed by atoms with E-state index in [1.165, 1.54) is 18.7 Å². The normalized spacial score (nSPS) is 14.1. The number of carboxylic acids is 1. The lowest BCUT2D eigenvalue weighted by Gasteiger charge is -2.16. The van der Waals surface area contributed by atoms with Gasteiger partial charge in [-0.05, 0) is 29.2 Å². The zero-order valence-corrected chi connectivity index (χ0v) is 18.4. The SMILES string of the molecule is CC(O)C(NC(=O)CSCCNC(=O)OCC1c2ccccc2-c2ccccc21)C(=O)O. The first-order chi connectivity index (χ1) is 15.4. The Morgan fingerprint density at radius 2 is 1.66 bits per heavy atom. The van der Waals surface area contributed by atoms with Gasteiger partial charge in [0.1, 0.15) is 6.61 Å². The number of thioether (sulfide) groups is 1. The minimum absolute atomic E-state index is 0.0117. The van der Waals surface area contributed by atoms with Crippen LogP contribution in [-0.4, -0.2) is 65.0 Å². The molecule has 1 aliphatic rings. The van der Waals surface area contributed by atoms with Crippen LogP contribution in [0.5, 0.6) is 0 Å². The third-order valence-electron chi connectivity index (χ3n) is 5.16. The molecule has 2 aromatic carbocycles. The number of hydrogen-bond acceptors (Lipinski definition) is 6. The number of amides is 2. The largest absolute Gasteiger partial charge is 0.480 e. The van der Waals surface area contributed by atoms with Gasteiger partial charge in [0.15, 0.2) is 6.04 Å². The van der Waals surface area contributed by atoms with Crippen molar-refractivity contribution in [2.75, 3.05) is 24.7 Å². The third-order valence-corrected chi connectivity index (χ3v) is 6.12. The fourth-order valence-corrected chi connectivity index (χ4v) is 4.30. The van der Waals surface area contributed by atoms with Crippen LogP contribution in [0.4, 0.5) is 4.79 Å². The van der Waals surface area contributed by atoms with Gasteiger partial charge in [-0.3, -0.25) is 4.79 Å². The minimum atomic E-state index is -1.35. The molecule has 1 aliphatic carbocycles. The maximum absolute atomic E-state index is 12.1. The van der Waals surface area contributed by atoms with Crippen LogP contribution < -0.4 is 10.6 Å². The lowest BCUT2D eigenvalue weighted by atomic mass is 9.98. The number of rotatable bonds is 10. The fourth-order valence-electron chi connectivity index (χ4n) is 3.64. The second kappa shape index (κ2) is 11.0. The molecule has 0 saturated heterocycles. The molecule has 0 aliphatic heterocycles. The van der Waals surface area contributed by atoms with Crippen LogP contribution in [0.1, 0.15) is 24.0 Å². The van der Waals surface area contributed by atoms with E-state index in [2.05, 4.69) is 34.9 Å². The van der Waals surface area contributed by atoms with Crippen LogP contribution in [0.15, 0.2) is 48.5 Å². The van der Waals surface area contributed by atoms with Crippen LogP contribution in [0.2, 0.25) is 0 Å². The molecule has 4 N–H and O–H groups in total. The van der Waals surface area contributed by atoms with Gasteiger partial charge in [-0.2, -0.15) is 11.8 Å². The number of hydrogen-bond donors (Lipinski definition) is 4. The number of aliphatic hydroxyl groups is 1. The monoisotopic (exact) mass is 458 g/mol. The number of aliphatic hydroxyl groups excluding tert-OH is 1. The van der Waals surface area contributed by atoms with Crippen molar-refractivity contribution in [3.8, 4) is 11.1 Å². The molecule has 0 fully saturated rings. The van der Waals surface area contributed by atoms with Gasteiger partial charge in [0.2, 0.25) is 5.91 Å². The summed E-state index contributed by atoms with van der Waals surface area (Å²) < 4.78 is 5.44. The van der Waals surface area contributed by atoms with Gasteiger partial charge in [-0.1, -0.05) is 48.5 Å². The molecule has 2 aromatic rings. The Labute approximate surface area is 190 Å². The Bertz CT molecular complexity index is 935. The highest BCUT2D eigenvalue weighted by Crippen LogP contribution is 2.44. The van der Waals surface area contributed by atoms with Crippen molar-refractivity contribution in [3.63, 3.8) is 0 Å². The van der Waals surface area contributed by atoms with Crippen LogP contribution in [0, 0.1) is 0 Å². The predicted octanol–water partition coefficient (Wildman–Crippen LogP) is 2.21. The number of benzene rings is 2. The lowest BCUT2D eigenvalue weighted by molar-refractivity contribution is -0.144. The smallest absolute Gasteiger partial charge is 0.407 e. The maximum atomic E-state index is 12.1. The highest BCUT2D eigenvalue weighted by Gasteiger charge is 2.29. The number of carbonyl (C=O) groups excluding carboxylic acids is 2. The van der Waals surface area contributed by atoms with E-state index in [1.807, 2.05) is 24.3 Å². The predicted molar refractivity (Wildman–Crippen MR) is 122 cm³/mol. The molecule has 0 radical (unpaired) electrons. The highest BCUT2D eigenvalue weighted by atomic mass is 32.2. The molecule has 8 nitrogen and oxygen atoms in total. The molecule has 32 heavy (non-hydrogen) atoms. The number of nitrogens with one attached hydrogen (secondary N) is 2. The Balaban J connectivity index is 1.38. The van der Waals surface area contributed by atoms with E-state index in [0.717, 1.165) is 22.3 Å². The van der Waals surface area contributed by atoms with Crippen molar-refractivity contribution < 1.29 is 29.3 Å². The van der Waals surface area contributed by atoms with Crippen molar-refractivity contribution in [1.29, 1.82) is 0 Å². The van der Waals surface area contributed by atoms with Crippen molar-refractivity contribution in [1.82, 2.24) is 10.6 Å². The molecule has 2 unspecified atom stereocenters. The molecular weight excluding hydrogens is 432 g/mol. The first-order valence-corrected chi connectivity index (χ1v) is 11.4. The van der Waals surface area contributed by atoms with Crippen LogP contribution in [0.3, 0.4) is 0 Å². The molecule has 0 bridgehead atoms. The Morgan fingerprint density at radius 1 is 1.06 bits per heavy atom. The molecule has 2 atom stereocenters. The summed E-state index contributed by atoms with van der Waals surface area (Å²) in [5.41, 5.74) is 4.60. The zero-order valence-electron chi connectivity index (χ0n) is 17.6. The number of ether oxygens (including phenoxy) is 1. The summed E-state index contributed by atoms with van der Waals surface area (Å²) in [5, 5.41) is 23.3. The number of carboxylic acid groups (broad SMARTS) is 1. The summed E-state index contributed by atoms with van der Waals surface area (Å²) in [7, 11) is 0. The summed E-state index contributed by atoms with van der Waals surface area (Å²) in [6.07, 6.45) is -1.73. The van der Waals surface area contributed by atoms with E-state index < -0.39 is 30.1 Å². The summed E-state index contributed by atoms with van der Waals surface area (Å²) in [6.45, 7) is 1.82. The van der Waals surface area contributed by atoms with Gasteiger partial charge in [-0.15, -0.1) is 0 Å². The molecule has 2 amide bonds. The lowest BCUT2D eigenvalue weighted by Crippen LogP contribution is -2.48. The van der Waals surface area contributed by atoms with Crippen LogP contribution in [0.25, 0.3) is 11.1 Å². The molecule has 0 heterocycles. The topological polar surface area (TPSA) is 125 Å². The molecular formula is C23H26N2O6S. The number of fused-ring (bicyclic) bond motifs is 3. The van der Waals surface area contributed by atoms with Gasteiger partial charge < -0.3 is 25.6 Å². The standard InChI is InChI=1S/C23H26N2O6S/c1-14(26)21(22(28)29)25-20(27)13-32-11-10-24-23(30)31-12-19-17-8-4-2-6-15(17)16-7-3-5-9-18(16)19/h2-9,14,19,21,26H,10-13H2,1H3,(H,24,30)(H,25,27)(H,28,29). The summed E-state index contributed by atoms with van der Waals surface area (Å²) in [5.74, 6) is -1.34. The molecule has 170 valence electrons. The Kier molecular flexibility index (Phi) is 8.13. The van der Waals surface area contributed by atoms with Crippen molar-refractivity contribution in [2.45, 2.75) is 25.0 Å². The summed E-state index contributed by atoms with van der Waals surface area (Å²) >= 11 is 1.24. The molecule has 0 spiro atoms. The summed E-state index contributed by atoms with van der Waals surface area (Å²) in [4.78, 5) is 34.9. The van der Waals surface area contributed by atoms with Gasteiger partial charge in [0, 0.05) is 18.2 Å². The quantitative estimate of drug-likeness (QED) is 0.402. The van der Waals surface area contributed by atoms with Gasteiger partial charge >= 0.3 is 12.1 Å². The molecule has 3 rings (SSSR count). The van der Waals surface area contributed by atoms with Gasteiger partial charge in [0.05, 0.1) is 11.9 Å². The van der Waals surface area contributed by atoms with Gasteiger partial charge in [-0.25, -0.2) is 9.59 Å². The zero-order chi connectivity index (χ0) is 23.1. The first-order valence-electron chi connectivity index (χ1n) is 10.2. The van der Waals surface area contributed by atoms with E-state index in [4.69, 9.17) is 9.84 Å². The Morgan fingerprint density at radius 3 is 2.22 bits per heavy atom. The number of carbonyl (C=O) groups is 3. The third kappa shape index (κ3) is 5.80. The average Bonchev–Trinajstić information content (AvgIpc) is 3.09. The van der Waals surface area contributed by atoms with E-state index >= 15 is 0 Å². The van der Waals surface area contributed by atoms with E-state index in [9.17, 15) is 19.5 Å². The van der Waals surface area contributed by atoms with Crippen LogP contribution in [-0.2, 0) is 14.3 Å². The van der Waals surface area contributed by atoms with Crippen molar-refractivity contribution in [2.24, 2.45) is 0 Å². The first kappa shape index (κ1) is 23.6.